The molecule has 0 spiro atoms. The van der Waals surface area contributed by atoms with Crippen LogP contribution in [0.1, 0.15) is 16.1 Å². The average Bonchev–Trinajstić information content (AvgIpc) is 3.44. The number of nitrogens with one attached hydrogen (secondary N) is 2. The van der Waals surface area contributed by atoms with Crippen LogP contribution in [0.25, 0.3) is 0 Å². The molecule has 0 saturated carbocycles. The Hall–Kier alpha value is -2.81. The Kier molecular flexibility index (Phi) is 6.14. The van der Waals surface area contributed by atoms with Gasteiger partial charge in [0.2, 0.25) is 0 Å². The lowest BCUT2D eigenvalue weighted by atomic mass is 10.2. The largest absolute Gasteiger partial charge is 0.300 e. The number of H-pyrrole nitrogens is 1. The first-order valence-corrected chi connectivity index (χ1v) is 11.0. The molecule has 4 rings (SSSR count). The number of pyridine rings is 1. The molecule has 2 N–H and O–H groups in total. The fourth-order valence-corrected chi connectivity index (χ4v) is 4.65. The number of benzene rings is 1. The number of hydrogen-bond donors (Lipinski definition) is 2. The van der Waals surface area contributed by atoms with E-state index < -0.39 is 0 Å². The van der Waals surface area contributed by atoms with Gasteiger partial charge in [0.1, 0.15) is 17.0 Å². The quantitative estimate of drug-likeness (QED) is 0.622. The van der Waals surface area contributed by atoms with Crippen molar-refractivity contribution in [1.82, 2.24) is 25.5 Å². The highest BCUT2D eigenvalue weighted by Crippen LogP contribution is 2.32. The first-order chi connectivity index (χ1) is 14.2. The lowest BCUT2D eigenvalue weighted by Gasteiger charge is -2.10. The smallest absolute Gasteiger partial charge is 0.277 e. The topological polar surface area (TPSA) is 120 Å². The zero-order chi connectivity index (χ0) is 20.1. The van der Waals surface area contributed by atoms with Crippen LogP contribution in [0.15, 0.2) is 67.7 Å². The molecule has 0 fully saturated rings. The fraction of sp³-hybridized carbons (Fsp3) is 0.111. The predicted octanol–water partition coefficient (Wildman–Crippen LogP) is 3.21. The first-order valence-electron chi connectivity index (χ1n) is 8.42. The molecule has 11 heteroatoms. The third-order valence-corrected chi connectivity index (χ3v) is 6.43. The van der Waals surface area contributed by atoms with E-state index in [1.54, 1.807) is 12.1 Å². The molecular weight excluding hydrogens is 426 g/mol. The van der Waals surface area contributed by atoms with Crippen molar-refractivity contribution in [2.45, 2.75) is 20.0 Å². The Morgan fingerprint density at radius 1 is 1.21 bits per heavy atom. The van der Waals surface area contributed by atoms with Crippen LogP contribution >= 0.6 is 35.3 Å². The zero-order valence-corrected chi connectivity index (χ0v) is 17.3. The Morgan fingerprint density at radius 2 is 2.07 bits per heavy atom. The maximum absolute atomic E-state index is 12.9. The summed E-state index contributed by atoms with van der Waals surface area (Å²) in [5, 5.41) is 20.2. The van der Waals surface area contributed by atoms with E-state index in [0.29, 0.717) is 38.0 Å². The van der Waals surface area contributed by atoms with Crippen molar-refractivity contribution >= 4 is 46.4 Å². The molecule has 2 aromatic heterocycles. The van der Waals surface area contributed by atoms with E-state index >= 15 is 0 Å². The van der Waals surface area contributed by atoms with E-state index in [2.05, 4.69) is 36.5 Å². The second-order valence-electron chi connectivity index (χ2n) is 5.62. The molecule has 0 aliphatic carbocycles. The first kappa shape index (κ1) is 19.5. The van der Waals surface area contributed by atoms with Crippen molar-refractivity contribution in [3.05, 3.63) is 54.0 Å². The summed E-state index contributed by atoms with van der Waals surface area (Å²) in [5.74, 6) is 0.548. The number of aromatic amines is 1. The molecule has 144 valence electrons. The van der Waals surface area contributed by atoms with Crippen LogP contribution in [-0.4, -0.2) is 43.5 Å². The number of rotatable bonds is 5. The standard InChI is InChI=1S/C18H13N7OS3/c19-9-11-1-3-12(4-2-11)28-13-5-6-14(29-18-21-10-22-25-18)23-15(13)16(26)24-17-20-7-8-27-17/h1-6,10H,7-8H2,(H,20,24,26)(H,21,22,25). The summed E-state index contributed by atoms with van der Waals surface area (Å²) in [7, 11) is 0. The number of aromatic nitrogens is 4. The van der Waals surface area contributed by atoms with Crippen LogP contribution in [0.5, 0.6) is 0 Å². The molecule has 0 bridgehead atoms. The number of hydrogen-bond acceptors (Lipinski definition) is 9. The van der Waals surface area contributed by atoms with Gasteiger partial charge in [0.15, 0.2) is 10.3 Å². The molecule has 0 radical (unpaired) electrons. The van der Waals surface area contributed by atoms with E-state index in [0.717, 1.165) is 10.6 Å². The highest BCUT2D eigenvalue weighted by molar-refractivity contribution is 8.14. The number of thioether (sulfide) groups is 1. The highest BCUT2D eigenvalue weighted by atomic mass is 32.2. The van der Waals surface area contributed by atoms with Crippen molar-refractivity contribution < 1.29 is 4.79 Å². The fourth-order valence-electron chi connectivity index (χ4n) is 2.36. The number of amidine groups is 1. The van der Waals surface area contributed by atoms with Crippen LogP contribution in [0.2, 0.25) is 0 Å². The lowest BCUT2D eigenvalue weighted by molar-refractivity contribution is 0.0969. The van der Waals surface area contributed by atoms with Gasteiger partial charge in [-0.15, -0.1) is 0 Å². The Morgan fingerprint density at radius 3 is 2.76 bits per heavy atom. The van der Waals surface area contributed by atoms with E-state index in [-0.39, 0.29) is 5.91 Å². The van der Waals surface area contributed by atoms with Gasteiger partial charge in [0, 0.05) is 15.5 Å². The number of nitriles is 1. The van der Waals surface area contributed by atoms with Crippen molar-refractivity contribution in [3.63, 3.8) is 0 Å². The summed E-state index contributed by atoms with van der Waals surface area (Å²) in [6.07, 6.45) is 1.42. The second kappa shape index (κ2) is 9.13. The number of carbonyl (C=O) groups is 1. The molecule has 1 aliphatic rings. The Balaban J connectivity index is 1.62. The zero-order valence-electron chi connectivity index (χ0n) is 14.8. The number of nitrogens with zero attached hydrogens (tertiary/aromatic N) is 5. The average molecular weight is 440 g/mol. The van der Waals surface area contributed by atoms with Crippen molar-refractivity contribution in [2.24, 2.45) is 4.99 Å². The lowest BCUT2D eigenvalue weighted by Crippen LogP contribution is -2.28. The van der Waals surface area contributed by atoms with Gasteiger partial charge in [-0.2, -0.15) is 10.4 Å². The summed E-state index contributed by atoms with van der Waals surface area (Å²) in [4.78, 5) is 27.4. The normalized spacial score (nSPS) is 13.0. The van der Waals surface area contributed by atoms with E-state index in [4.69, 9.17) is 5.26 Å². The monoisotopic (exact) mass is 439 g/mol. The predicted molar refractivity (Wildman–Crippen MR) is 112 cm³/mol. The number of aliphatic imine (C=N–C) groups is 1. The molecule has 0 unspecified atom stereocenters. The van der Waals surface area contributed by atoms with Gasteiger partial charge in [-0.25, -0.2) is 9.97 Å². The summed E-state index contributed by atoms with van der Waals surface area (Å²) < 4.78 is 0. The number of amides is 1. The van der Waals surface area contributed by atoms with E-state index in [1.807, 2.05) is 24.3 Å². The van der Waals surface area contributed by atoms with Gasteiger partial charge in [0.25, 0.3) is 5.91 Å². The molecule has 1 aromatic carbocycles. The molecule has 8 nitrogen and oxygen atoms in total. The van der Waals surface area contributed by atoms with E-state index in [9.17, 15) is 4.79 Å². The Labute approximate surface area is 179 Å². The van der Waals surface area contributed by atoms with Gasteiger partial charge < -0.3 is 0 Å². The van der Waals surface area contributed by atoms with Crippen LogP contribution < -0.4 is 5.32 Å². The second-order valence-corrected chi connectivity index (χ2v) is 8.82. The van der Waals surface area contributed by atoms with Gasteiger partial charge in [-0.05, 0) is 48.2 Å². The molecule has 1 amide bonds. The molecular formula is C18H13N7OS3. The van der Waals surface area contributed by atoms with Gasteiger partial charge >= 0.3 is 0 Å². The highest BCUT2D eigenvalue weighted by Gasteiger charge is 2.19. The number of carbonyl (C=O) groups excluding carboxylic acids is 1. The van der Waals surface area contributed by atoms with Crippen LogP contribution in [0.4, 0.5) is 0 Å². The van der Waals surface area contributed by atoms with E-state index in [1.165, 1.54) is 41.6 Å². The minimum absolute atomic E-state index is 0.305. The third-order valence-electron chi connectivity index (χ3n) is 3.66. The molecule has 0 saturated heterocycles. The molecule has 29 heavy (non-hydrogen) atoms. The molecule has 3 heterocycles. The van der Waals surface area contributed by atoms with Crippen LogP contribution in [0.3, 0.4) is 0 Å². The van der Waals surface area contributed by atoms with Crippen LogP contribution in [0, 0.1) is 11.3 Å². The summed E-state index contributed by atoms with van der Waals surface area (Å²) in [5.41, 5.74) is 0.889. The van der Waals surface area contributed by atoms with Crippen molar-refractivity contribution in [1.29, 1.82) is 5.26 Å². The van der Waals surface area contributed by atoms with Crippen LogP contribution in [-0.2, 0) is 0 Å². The minimum atomic E-state index is -0.311. The summed E-state index contributed by atoms with van der Waals surface area (Å²) in [6, 6.07) is 13.0. The van der Waals surface area contributed by atoms with Crippen molar-refractivity contribution in [3.8, 4) is 6.07 Å². The molecule has 3 aromatic rings. The summed E-state index contributed by atoms with van der Waals surface area (Å²) >= 11 is 4.21. The molecule has 1 aliphatic heterocycles. The van der Waals surface area contributed by atoms with Gasteiger partial charge in [-0.1, -0.05) is 23.5 Å². The third kappa shape index (κ3) is 4.97. The summed E-state index contributed by atoms with van der Waals surface area (Å²) in [6.45, 7) is 0.696. The van der Waals surface area contributed by atoms with Gasteiger partial charge in [-0.3, -0.25) is 20.2 Å². The minimum Gasteiger partial charge on any atom is -0.300 e. The van der Waals surface area contributed by atoms with Crippen molar-refractivity contribution in [2.75, 3.05) is 12.3 Å². The SMILES string of the molecule is N#Cc1ccc(Sc2ccc(Sc3ncn[nH]3)nc2C(=O)NC2=NCCS2)cc1. The Bertz CT molecular complexity index is 1090. The maximum Gasteiger partial charge on any atom is 0.277 e. The molecule has 0 atom stereocenters. The maximum atomic E-state index is 12.9. The van der Waals surface area contributed by atoms with Gasteiger partial charge in [0.05, 0.1) is 18.2 Å².